The van der Waals surface area contributed by atoms with Crippen LogP contribution in [0.2, 0.25) is 0 Å². The molecule has 0 radical (unpaired) electrons. The summed E-state index contributed by atoms with van der Waals surface area (Å²) in [7, 11) is 3.11. The lowest BCUT2D eigenvalue weighted by atomic mass is 9.97. The van der Waals surface area contributed by atoms with Gasteiger partial charge in [0.25, 0.3) is 5.56 Å². The highest BCUT2D eigenvalue weighted by Gasteiger charge is 2.22. The van der Waals surface area contributed by atoms with Crippen LogP contribution in [0.5, 0.6) is 11.5 Å². The molecule has 0 saturated carbocycles. The van der Waals surface area contributed by atoms with Gasteiger partial charge in [0, 0.05) is 17.8 Å². The third-order valence-corrected chi connectivity index (χ3v) is 5.22. The molecular formula is C20H17FN4O3S. The number of nitrogens with one attached hydrogen (secondary N) is 1. The molecule has 2 aromatic carbocycles. The highest BCUT2D eigenvalue weighted by atomic mass is 32.1. The number of halogens is 1. The number of methoxy groups -OCH3 is 2. The Morgan fingerprint density at radius 2 is 2.00 bits per heavy atom. The van der Waals surface area contributed by atoms with Crippen molar-refractivity contribution in [2.75, 3.05) is 19.5 Å². The predicted molar refractivity (Wildman–Crippen MR) is 109 cm³/mol. The summed E-state index contributed by atoms with van der Waals surface area (Å²) >= 11 is 1.22. The van der Waals surface area contributed by atoms with Crippen molar-refractivity contribution in [3.63, 3.8) is 0 Å². The van der Waals surface area contributed by atoms with E-state index in [4.69, 9.17) is 9.47 Å². The van der Waals surface area contributed by atoms with Gasteiger partial charge in [0.05, 0.1) is 20.3 Å². The molecule has 148 valence electrons. The molecule has 0 saturated heterocycles. The van der Waals surface area contributed by atoms with Crippen LogP contribution in [0.1, 0.15) is 17.2 Å². The molecule has 0 bridgehead atoms. The summed E-state index contributed by atoms with van der Waals surface area (Å²) in [5, 5.41) is 8.05. The number of hydrogen-bond donors (Lipinski definition) is 1. The standard InChI is InChI=1S/C20H17FN4O3S/c1-27-14-5-3-4-12(10-14)18(15-11-13(21)6-7-16(15)28-2)23-19-24-25-17(26)8-9-22-20(25)29-19/h3-11,18H,1-2H3,(H,23,24). The minimum atomic E-state index is -0.507. The van der Waals surface area contributed by atoms with Crippen molar-refractivity contribution in [3.05, 3.63) is 82.0 Å². The van der Waals surface area contributed by atoms with Crippen molar-refractivity contribution in [1.82, 2.24) is 14.6 Å². The third kappa shape index (κ3) is 3.77. The van der Waals surface area contributed by atoms with Crippen molar-refractivity contribution >= 4 is 21.4 Å². The van der Waals surface area contributed by atoms with E-state index in [-0.39, 0.29) is 5.56 Å². The number of fused-ring (bicyclic) bond motifs is 1. The van der Waals surface area contributed by atoms with Crippen LogP contribution < -0.4 is 20.3 Å². The molecule has 0 amide bonds. The first-order chi connectivity index (χ1) is 14.1. The molecule has 0 aliphatic heterocycles. The Kier molecular flexibility index (Phi) is 5.13. The van der Waals surface area contributed by atoms with E-state index >= 15 is 0 Å². The van der Waals surface area contributed by atoms with Crippen molar-refractivity contribution in [1.29, 1.82) is 0 Å². The molecule has 29 heavy (non-hydrogen) atoms. The Morgan fingerprint density at radius 1 is 1.14 bits per heavy atom. The van der Waals surface area contributed by atoms with Crippen LogP contribution in [0.4, 0.5) is 9.52 Å². The largest absolute Gasteiger partial charge is 0.497 e. The zero-order chi connectivity index (χ0) is 20.4. The molecule has 2 heterocycles. The van der Waals surface area contributed by atoms with Gasteiger partial charge in [0.1, 0.15) is 17.3 Å². The van der Waals surface area contributed by atoms with Crippen LogP contribution in [0.15, 0.2) is 59.5 Å². The first-order valence-corrected chi connectivity index (χ1v) is 9.49. The fraction of sp³-hybridized carbons (Fsp3) is 0.150. The number of hydrogen-bond acceptors (Lipinski definition) is 7. The maximum absolute atomic E-state index is 14.1. The minimum Gasteiger partial charge on any atom is -0.497 e. The fourth-order valence-corrected chi connectivity index (χ4v) is 3.82. The molecule has 4 rings (SSSR count). The minimum absolute atomic E-state index is 0.277. The Balaban J connectivity index is 1.84. The fourth-order valence-electron chi connectivity index (χ4n) is 3.02. The number of ether oxygens (including phenoxy) is 2. The summed E-state index contributed by atoms with van der Waals surface area (Å²) in [5.74, 6) is 0.785. The van der Waals surface area contributed by atoms with Crippen molar-refractivity contribution in [3.8, 4) is 11.5 Å². The van der Waals surface area contributed by atoms with Crippen LogP contribution in [0, 0.1) is 5.82 Å². The smallest absolute Gasteiger partial charge is 0.275 e. The molecule has 0 fully saturated rings. The summed E-state index contributed by atoms with van der Waals surface area (Å²) in [6.45, 7) is 0. The second kappa shape index (κ2) is 7.88. The normalized spacial score (nSPS) is 12.0. The van der Waals surface area contributed by atoms with E-state index in [1.54, 1.807) is 13.2 Å². The summed E-state index contributed by atoms with van der Waals surface area (Å²) in [6, 6.07) is 12.6. The predicted octanol–water partition coefficient (Wildman–Crippen LogP) is 3.51. The first kappa shape index (κ1) is 18.9. The highest BCUT2D eigenvalue weighted by Crippen LogP contribution is 2.35. The average Bonchev–Trinajstić information content (AvgIpc) is 3.16. The average molecular weight is 412 g/mol. The van der Waals surface area contributed by atoms with Gasteiger partial charge in [-0.05, 0) is 35.9 Å². The lowest BCUT2D eigenvalue weighted by molar-refractivity contribution is 0.406. The summed E-state index contributed by atoms with van der Waals surface area (Å²) in [4.78, 5) is 16.6. The first-order valence-electron chi connectivity index (χ1n) is 8.68. The highest BCUT2D eigenvalue weighted by molar-refractivity contribution is 7.20. The van der Waals surface area contributed by atoms with Crippen molar-refractivity contribution in [2.45, 2.75) is 6.04 Å². The van der Waals surface area contributed by atoms with E-state index in [0.717, 1.165) is 5.56 Å². The monoisotopic (exact) mass is 412 g/mol. The maximum atomic E-state index is 14.1. The second-order valence-electron chi connectivity index (χ2n) is 6.12. The van der Waals surface area contributed by atoms with Gasteiger partial charge in [-0.15, -0.1) is 5.10 Å². The number of anilines is 1. The molecule has 0 spiro atoms. The SMILES string of the molecule is COc1cccc(C(Nc2nn3c(=O)ccnc3s2)c2cc(F)ccc2OC)c1. The molecule has 0 aliphatic rings. The van der Waals surface area contributed by atoms with Gasteiger partial charge in [-0.2, -0.15) is 4.52 Å². The van der Waals surface area contributed by atoms with E-state index in [1.807, 2.05) is 24.3 Å². The van der Waals surface area contributed by atoms with Crippen LogP contribution in [-0.4, -0.2) is 28.8 Å². The van der Waals surface area contributed by atoms with Gasteiger partial charge in [-0.3, -0.25) is 4.79 Å². The van der Waals surface area contributed by atoms with Crippen LogP contribution in [0.3, 0.4) is 0 Å². The van der Waals surface area contributed by atoms with Gasteiger partial charge in [-0.1, -0.05) is 23.5 Å². The molecule has 1 unspecified atom stereocenters. The molecule has 2 aromatic heterocycles. The molecule has 7 nitrogen and oxygen atoms in total. The molecule has 9 heteroatoms. The number of rotatable bonds is 6. The summed E-state index contributed by atoms with van der Waals surface area (Å²) in [5.41, 5.74) is 1.12. The van der Waals surface area contributed by atoms with Gasteiger partial charge in [0.15, 0.2) is 0 Å². The van der Waals surface area contributed by atoms with Gasteiger partial charge < -0.3 is 14.8 Å². The van der Waals surface area contributed by atoms with E-state index in [0.29, 0.717) is 27.2 Å². The van der Waals surface area contributed by atoms with E-state index in [2.05, 4.69) is 15.4 Å². The molecule has 0 aliphatic carbocycles. The Hall–Kier alpha value is -3.46. The van der Waals surface area contributed by atoms with Gasteiger partial charge in [0.2, 0.25) is 10.1 Å². The third-order valence-electron chi connectivity index (χ3n) is 4.37. The topological polar surface area (TPSA) is 77.8 Å². The quantitative estimate of drug-likeness (QED) is 0.522. The van der Waals surface area contributed by atoms with E-state index in [9.17, 15) is 9.18 Å². The van der Waals surface area contributed by atoms with E-state index < -0.39 is 11.9 Å². The Labute approximate surface area is 169 Å². The van der Waals surface area contributed by atoms with Gasteiger partial charge >= 0.3 is 0 Å². The molecule has 4 aromatic rings. The maximum Gasteiger partial charge on any atom is 0.275 e. The Bertz CT molecular complexity index is 1220. The lowest BCUT2D eigenvalue weighted by Crippen LogP contribution is -2.16. The van der Waals surface area contributed by atoms with E-state index in [1.165, 1.54) is 47.4 Å². The zero-order valence-electron chi connectivity index (χ0n) is 15.6. The van der Waals surface area contributed by atoms with Crippen LogP contribution in [0.25, 0.3) is 4.96 Å². The number of nitrogens with zero attached hydrogens (tertiary/aromatic N) is 3. The molecular weight excluding hydrogens is 395 g/mol. The second-order valence-corrected chi connectivity index (χ2v) is 7.08. The number of aromatic nitrogens is 3. The zero-order valence-corrected chi connectivity index (χ0v) is 16.4. The van der Waals surface area contributed by atoms with Gasteiger partial charge in [-0.25, -0.2) is 9.37 Å². The Morgan fingerprint density at radius 3 is 2.76 bits per heavy atom. The molecule has 1 atom stereocenters. The number of benzene rings is 2. The summed E-state index contributed by atoms with van der Waals surface area (Å²) in [6.07, 6.45) is 1.44. The summed E-state index contributed by atoms with van der Waals surface area (Å²) < 4.78 is 26.1. The van der Waals surface area contributed by atoms with Crippen LogP contribution in [-0.2, 0) is 0 Å². The van der Waals surface area contributed by atoms with Crippen LogP contribution >= 0.6 is 11.3 Å². The molecule has 1 N–H and O–H groups in total. The lowest BCUT2D eigenvalue weighted by Gasteiger charge is -2.22. The van der Waals surface area contributed by atoms with Crippen molar-refractivity contribution < 1.29 is 13.9 Å². The van der Waals surface area contributed by atoms with Crippen molar-refractivity contribution in [2.24, 2.45) is 0 Å².